The molecular weight excluding hydrogens is 332 g/mol. The molecule has 1 aromatic heterocycles. The zero-order chi connectivity index (χ0) is 18.8. The van der Waals surface area contributed by atoms with Crippen molar-refractivity contribution in [2.45, 2.75) is 32.6 Å². The van der Waals surface area contributed by atoms with Crippen LogP contribution in [0.15, 0.2) is 36.4 Å². The maximum absolute atomic E-state index is 4.90. The van der Waals surface area contributed by atoms with Crippen molar-refractivity contribution in [3.63, 3.8) is 0 Å². The minimum atomic E-state index is 0.657. The van der Waals surface area contributed by atoms with Crippen molar-refractivity contribution in [3.05, 3.63) is 53.1 Å². The number of nitrogens with one attached hydrogen (secondary N) is 2. The maximum Gasteiger partial charge on any atom is 0.138 e. The van der Waals surface area contributed by atoms with Crippen LogP contribution in [0.25, 0.3) is 22.4 Å². The number of aryl methyl sites for hydroxylation is 2. The number of rotatable bonds is 5. The van der Waals surface area contributed by atoms with Crippen LogP contribution >= 0.6 is 0 Å². The predicted molar refractivity (Wildman–Crippen MR) is 113 cm³/mol. The molecule has 2 aromatic carbocycles. The van der Waals surface area contributed by atoms with Gasteiger partial charge in [-0.1, -0.05) is 30.3 Å². The molecule has 4 nitrogen and oxygen atoms in total. The molecule has 3 aromatic rings. The van der Waals surface area contributed by atoms with Crippen LogP contribution < -0.4 is 5.32 Å². The molecule has 0 saturated carbocycles. The number of H-pyrrole nitrogens is 1. The Labute approximate surface area is 162 Å². The maximum atomic E-state index is 4.90. The van der Waals surface area contributed by atoms with Gasteiger partial charge in [0, 0.05) is 18.7 Å². The minimum absolute atomic E-state index is 0.657. The van der Waals surface area contributed by atoms with E-state index in [9.17, 15) is 0 Å². The quantitative estimate of drug-likeness (QED) is 0.713. The van der Waals surface area contributed by atoms with Gasteiger partial charge in [0.1, 0.15) is 5.82 Å². The number of aromatic nitrogens is 2. The largest absolute Gasteiger partial charge is 0.338 e. The first-order chi connectivity index (χ1) is 13.2. The van der Waals surface area contributed by atoms with Crippen LogP contribution in [0.2, 0.25) is 0 Å². The molecule has 4 rings (SSSR count). The smallest absolute Gasteiger partial charge is 0.138 e. The van der Waals surface area contributed by atoms with Crippen molar-refractivity contribution in [3.8, 4) is 11.4 Å². The van der Waals surface area contributed by atoms with Crippen LogP contribution in [-0.4, -0.2) is 48.1 Å². The lowest BCUT2D eigenvalue weighted by atomic mass is 9.88. The summed E-state index contributed by atoms with van der Waals surface area (Å²) in [5.41, 5.74) is 7.45. The summed E-state index contributed by atoms with van der Waals surface area (Å²) in [5.74, 6) is 1.63. The van der Waals surface area contributed by atoms with E-state index in [4.69, 9.17) is 4.98 Å². The van der Waals surface area contributed by atoms with E-state index in [-0.39, 0.29) is 0 Å². The zero-order valence-corrected chi connectivity index (χ0v) is 16.7. The molecule has 2 heterocycles. The standard InChI is InChI=1S/C23H30N4/c1-16-6-4-5-7-20(16)23-25-21-15-19(14-17(2)22(21)26-23)18-8-11-27(12-9-18)13-10-24-3/h4-7,14-15,18,24H,8-13H2,1-3H3,(H,25,26). The van der Waals surface area contributed by atoms with Gasteiger partial charge in [0.15, 0.2) is 0 Å². The summed E-state index contributed by atoms with van der Waals surface area (Å²) in [4.78, 5) is 11.1. The molecule has 2 N–H and O–H groups in total. The number of piperidine rings is 1. The third kappa shape index (κ3) is 3.78. The fourth-order valence-corrected chi connectivity index (χ4v) is 4.28. The van der Waals surface area contributed by atoms with Gasteiger partial charge in [-0.05, 0) is 75.5 Å². The first-order valence-electron chi connectivity index (χ1n) is 10.1. The highest BCUT2D eigenvalue weighted by Gasteiger charge is 2.21. The van der Waals surface area contributed by atoms with E-state index in [1.807, 2.05) is 7.05 Å². The Kier molecular flexibility index (Phi) is 5.28. The molecule has 4 heteroatoms. The molecule has 0 bridgehead atoms. The van der Waals surface area contributed by atoms with E-state index in [2.05, 4.69) is 65.4 Å². The number of aromatic amines is 1. The Bertz CT molecular complexity index is 919. The predicted octanol–water partition coefficient (Wildman–Crippen LogP) is 4.25. The summed E-state index contributed by atoms with van der Waals surface area (Å²) in [7, 11) is 2.03. The average Bonchev–Trinajstić information content (AvgIpc) is 3.11. The molecule has 27 heavy (non-hydrogen) atoms. The molecule has 0 spiro atoms. The first-order valence-corrected chi connectivity index (χ1v) is 10.1. The highest BCUT2D eigenvalue weighted by atomic mass is 15.1. The Hall–Kier alpha value is -2.17. The number of imidazole rings is 1. The lowest BCUT2D eigenvalue weighted by molar-refractivity contribution is 0.214. The van der Waals surface area contributed by atoms with Gasteiger partial charge in [-0.3, -0.25) is 0 Å². The number of likely N-dealkylation sites (tertiary alicyclic amines) is 1. The van der Waals surface area contributed by atoms with Crippen LogP contribution in [0.3, 0.4) is 0 Å². The normalized spacial score (nSPS) is 16.3. The number of nitrogens with zero attached hydrogens (tertiary/aromatic N) is 2. The Balaban J connectivity index is 1.58. The summed E-state index contributed by atoms with van der Waals surface area (Å²) in [6.45, 7) is 8.95. The van der Waals surface area contributed by atoms with Crippen LogP contribution in [0.4, 0.5) is 0 Å². The number of hydrogen-bond donors (Lipinski definition) is 2. The zero-order valence-electron chi connectivity index (χ0n) is 16.7. The van der Waals surface area contributed by atoms with Gasteiger partial charge in [0.05, 0.1) is 11.0 Å². The van der Waals surface area contributed by atoms with E-state index >= 15 is 0 Å². The van der Waals surface area contributed by atoms with Gasteiger partial charge >= 0.3 is 0 Å². The molecule has 142 valence electrons. The van der Waals surface area contributed by atoms with E-state index < -0.39 is 0 Å². The highest BCUT2D eigenvalue weighted by molar-refractivity contribution is 5.83. The van der Waals surface area contributed by atoms with Gasteiger partial charge < -0.3 is 15.2 Å². The van der Waals surface area contributed by atoms with Gasteiger partial charge in [-0.15, -0.1) is 0 Å². The van der Waals surface area contributed by atoms with E-state index in [0.29, 0.717) is 5.92 Å². The SMILES string of the molecule is CNCCN1CCC(c2cc(C)c3nc(-c4ccccc4C)[nH]c3c2)CC1. The van der Waals surface area contributed by atoms with Crippen LogP contribution in [0.5, 0.6) is 0 Å². The van der Waals surface area contributed by atoms with Crippen molar-refractivity contribution < 1.29 is 0 Å². The molecule has 0 aliphatic carbocycles. The number of fused-ring (bicyclic) bond motifs is 1. The van der Waals surface area contributed by atoms with E-state index in [1.54, 1.807) is 0 Å². The third-order valence-corrected chi connectivity index (χ3v) is 5.94. The van der Waals surface area contributed by atoms with Crippen LogP contribution in [0.1, 0.15) is 35.4 Å². The second-order valence-electron chi connectivity index (χ2n) is 7.85. The third-order valence-electron chi connectivity index (χ3n) is 5.94. The number of benzene rings is 2. The number of hydrogen-bond acceptors (Lipinski definition) is 3. The van der Waals surface area contributed by atoms with Crippen molar-refractivity contribution in [1.29, 1.82) is 0 Å². The highest BCUT2D eigenvalue weighted by Crippen LogP contribution is 2.32. The molecule has 1 aliphatic heterocycles. The fraction of sp³-hybridized carbons (Fsp3) is 0.435. The second-order valence-corrected chi connectivity index (χ2v) is 7.85. The van der Waals surface area contributed by atoms with Gasteiger partial charge in [0.25, 0.3) is 0 Å². The van der Waals surface area contributed by atoms with Crippen molar-refractivity contribution in [1.82, 2.24) is 20.2 Å². The van der Waals surface area contributed by atoms with Gasteiger partial charge in [-0.2, -0.15) is 0 Å². The van der Waals surface area contributed by atoms with Gasteiger partial charge in [-0.25, -0.2) is 4.98 Å². The topological polar surface area (TPSA) is 44.0 Å². The molecular formula is C23H30N4. The molecule has 1 aliphatic rings. The Morgan fingerprint density at radius 3 is 2.63 bits per heavy atom. The molecule has 1 saturated heterocycles. The van der Waals surface area contributed by atoms with Crippen molar-refractivity contribution >= 4 is 11.0 Å². The summed E-state index contributed by atoms with van der Waals surface area (Å²) in [6.07, 6.45) is 2.49. The van der Waals surface area contributed by atoms with Crippen LogP contribution in [-0.2, 0) is 0 Å². The van der Waals surface area contributed by atoms with Crippen molar-refractivity contribution in [2.75, 3.05) is 33.2 Å². The second kappa shape index (κ2) is 7.83. The minimum Gasteiger partial charge on any atom is -0.338 e. The Morgan fingerprint density at radius 2 is 1.89 bits per heavy atom. The summed E-state index contributed by atoms with van der Waals surface area (Å²) >= 11 is 0. The van der Waals surface area contributed by atoms with E-state index in [1.165, 1.54) is 53.7 Å². The fourth-order valence-electron chi connectivity index (χ4n) is 4.28. The molecule has 0 unspecified atom stereocenters. The lowest BCUT2D eigenvalue weighted by Gasteiger charge is -2.32. The van der Waals surface area contributed by atoms with Crippen molar-refractivity contribution in [2.24, 2.45) is 0 Å². The van der Waals surface area contributed by atoms with Gasteiger partial charge in [0.2, 0.25) is 0 Å². The first kappa shape index (κ1) is 18.2. The lowest BCUT2D eigenvalue weighted by Crippen LogP contribution is -2.37. The summed E-state index contributed by atoms with van der Waals surface area (Å²) in [6, 6.07) is 13.1. The molecule has 0 radical (unpaired) electrons. The summed E-state index contributed by atoms with van der Waals surface area (Å²) < 4.78 is 0. The average molecular weight is 363 g/mol. The summed E-state index contributed by atoms with van der Waals surface area (Å²) in [5, 5.41) is 3.25. The molecule has 0 amide bonds. The Morgan fingerprint density at radius 1 is 1.11 bits per heavy atom. The monoisotopic (exact) mass is 362 g/mol. The molecule has 0 atom stereocenters. The van der Waals surface area contributed by atoms with Crippen LogP contribution in [0, 0.1) is 13.8 Å². The molecule has 1 fully saturated rings. The number of likely N-dealkylation sites (N-methyl/N-ethyl adjacent to an activating group) is 1. The van der Waals surface area contributed by atoms with E-state index in [0.717, 1.165) is 24.4 Å².